The molecule has 33 heavy (non-hydrogen) atoms. The van der Waals surface area contributed by atoms with E-state index in [4.69, 9.17) is 21.3 Å². The number of halogens is 1. The fourth-order valence-corrected chi connectivity index (χ4v) is 3.86. The first-order chi connectivity index (χ1) is 15.8. The molecule has 0 saturated heterocycles. The summed E-state index contributed by atoms with van der Waals surface area (Å²) in [5.41, 5.74) is 7.34. The van der Waals surface area contributed by atoms with Gasteiger partial charge in [-0.2, -0.15) is 0 Å². The SMILES string of the molecule is COC(=O)c1ccc(Cl)c(NC(=O)Cc2c(-c3ccc(C)c(C)c3)nc3cc(C)ccn23)c1. The molecule has 0 atom stereocenters. The molecule has 1 amide bonds. The Morgan fingerprint density at radius 1 is 1.03 bits per heavy atom. The van der Waals surface area contributed by atoms with E-state index >= 15 is 0 Å². The normalized spacial score (nSPS) is 10.9. The second-order valence-electron chi connectivity index (χ2n) is 8.05. The van der Waals surface area contributed by atoms with Crippen LogP contribution in [0.15, 0.2) is 54.7 Å². The lowest BCUT2D eigenvalue weighted by molar-refractivity contribution is -0.115. The van der Waals surface area contributed by atoms with E-state index in [0.29, 0.717) is 16.3 Å². The Morgan fingerprint density at radius 2 is 1.82 bits per heavy atom. The van der Waals surface area contributed by atoms with Crippen LogP contribution < -0.4 is 5.32 Å². The number of benzene rings is 2. The van der Waals surface area contributed by atoms with Crippen molar-refractivity contribution in [1.82, 2.24) is 9.38 Å². The number of aromatic nitrogens is 2. The molecule has 0 radical (unpaired) electrons. The van der Waals surface area contributed by atoms with Crippen molar-refractivity contribution in [2.75, 3.05) is 12.4 Å². The number of ether oxygens (including phenoxy) is 1. The Balaban J connectivity index is 1.72. The number of carbonyl (C=O) groups is 2. The van der Waals surface area contributed by atoms with E-state index in [9.17, 15) is 9.59 Å². The maximum atomic E-state index is 13.1. The van der Waals surface area contributed by atoms with Crippen molar-refractivity contribution in [2.24, 2.45) is 0 Å². The lowest BCUT2D eigenvalue weighted by Crippen LogP contribution is -2.17. The largest absolute Gasteiger partial charge is 0.465 e. The van der Waals surface area contributed by atoms with Crippen molar-refractivity contribution in [3.05, 3.63) is 87.7 Å². The minimum atomic E-state index is -0.503. The van der Waals surface area contributed by atoms with Crippen molar-refractivity contribution in [2.45, 2.75) is 27.2 Å². The highest BCUT2D eigenvalue weighted by Gasteiger charge is 2.19. The van der Waals surface area contributed by atoms with Gasteiger partial charge in [-0.3, -0.25) is 4.79 Å². The number of amides is 1. The number of nitrogens with one attached hydrogen (secondary N) is 1. The number of hydrogen-bond acceptors (Lipinski definition) is 4. The van der Waals surface area contributed by atoms with Crippen LogP contribution in [-0.4, -0.2) is 28.4 Å². The molecular weight excluding hydrogens is 438 g/mol. The Morgan fingerprint density at radius 3 is 2.55 bits per heavy atom. The van der Waals surface area contributed by atoms with Gasteiger partial charge in [0.1, 0.15) is 5.65 Å². The number of methoxy groups -OCH3 is 1. The summed E-state index contributed by atoms with van der Waals surface area (Å²) < 4.78 is 6.69. The van der Waals surface area contributed by atoms with Gasteiger partial charge in [0, 0.05) is 11.8 Å². The van der Waals surface area contributed by atoms with Gasteiger partial charge in [0.25, 0.3) is 0 Å². The van der Waals surface area contributed by atoms with E-state index in [1.54, 1.807) is 12.1 Å². The van der Waals surface area contributed by atoms with Gasteiger partial charge in [-0.25, -0.2) is 9.78 Å². The predicted octanol–water partition coefficient (Wildman–Crippen LogP) is 5.55. The summed E-state index contributed by atoms with van der Waals surface area (Å²) in [6, 6.07) is 14.8. The molecule has 1 N–H and O–H groups in total. The average molecular weight is 462 g/mol. The van der Waals surface area contributed by atoms with Crippen LogP contribution in [0.2, 0.25) is 5.02 Å². The monoisotopic (exact) mass is 461 g/mol. The number of rotatable bonds is 5. The van der Waals surface area contributed by atoms with Crippen LogP contribution in [-0.2, 0) is 16.0 Å². The highest BCUT2D eigenvalue weighted by atomic mass is 35.5. The predicted molar refractivity (Wildman–Crippen MR) is 130 cm³/mol. The molecule has 2 heterocycles. The van der Waals surface area contributed by atoms with Gasteiger partial charge in [0.15, 0.2) is 0 Å². The van der Waals surface area contributed by atoms with Crippen LogP contribution in [0.4, 0.5) is 5.69 Å². The number of carbonyl (C=O) groups excluding carboxylic acids is 2. The standard InChI is InChI=1S/C26H24ClN3O3/c1-15-9-10-30-22(25(29-23(30)11-15)18-6-5-16(2)17(3)12-18)14-24(31)28-21-13-19(26(32)33-4)7-8-20(21)27/h5-13H,14H2,1-4H3,(H,28,31). The minimum Gasteiger partial charge on any atom is -0.465 e. The minimum absolute atomic E-state index is 0.0747. The van der Waals surface area contributed by atoms with Gasteiger partial charge in [-0.1, -0.05) is 23.7 Å². The number of pyridine rings is 1. The molecule has 0 unspecified atom stereocenters. The van der Waals surface area contributed by atoms with Crippen molar-refractivity contribution in [3.63, 3.8) is 0 Å². The van der Waals surface area contributed by atoms with E-state index in [0.717, 1.165) is 33.7 Å². The summed E-state index contributed by atoms with van der Waals surface area (Å²) in [6.07, 6.45) is 2.00. The average Bonchev–Trinajstić information content (AvgIpc) is 3.13. The Bertz CT molecular complexity index is 1390. The highest BCUT2D eigenvalue weighted by Crippen LogP contribution is 2.28. The Hall–Kier alpha value is -3.64. The van der Waals surface area contributed by atoms with Gasteiger partial charge in [0.05, 0.1) is 41.2 Å². The van der Waals surface area contributed by atoms with Gasteiger partial charge >= 0.3 is 5.97 Å². The summed E-state index contributed by atoms with van der Waals surface area (Å²) in [7, 11) is 1.30. The summed E-state index contributed by atoms with van der Waals surface area (Å²) in [6.45, 7) is 6.13. The lowest BCUT2D eigenvalue weighted by Gasteiger charge is -2.11. The molecule has 0 aliphatic rings. The third-order valence-corrected chi connectivity index (χ3v) is 5.98. The molecular formula is C26H24ClN3O3. The van der Waals surface area contributed by atoms with E-state index in [-0.39, 0.29) is 12.3 Å². The van der Waals surface area contributed by atoms with E-state index < -0.39 is 5.97 Å². The maximum absolute atomic E-state index is 13.1. The Kier molecular flexibility index (Phi) is 6.20. The zero-order valence-corrected chi connectivity index (χ0v) is 19.7. The number of imidazole rings is 1. The first-order valence-electron chi connectivity index (χ1n) is 10.5. The highest BCUT2D eigenvalue weighted by molar-refractivity contribution is 6.33. The second-order valence-corrected chi connectivity index (χ2v) is 8.46. The van der Waals surface area contributed by atoms with Crippen LogP contribution in [0, 0.1) is 20.8 Å². The van der Waals surface area contributed by atoms with Crippen molar-refractivity contribution in [3.8, 4) is 11.3 Å². The van der Waals surface area contributed by atoms with E-state index in [1.165, 1.54) is 18.7 Å². The number of esters is 1. The topological polar surface area (TPSA) is 72.7 Å². The number of anilines is 1. The molecule has 0 saturated carbocycles. The first kappa shape index (κ1) is 22.6. The lowest BCUT2D eigenvalue weighted by atomic mass is 10.0. The van der Waals surface area contributed by atoms with Crippen LogP contribution in [0.5, 0.6) is 0 Å². The summed E-state index contributed by atoms with van der Waals surface area (Å²) >= 11 is 6.26. The van der Waals surface area contributed by atoms with Gasteiger partial charge in [-0.05, 0) is 73.9 Å². The molecule has 7 heteroatoms. The number of hydrogen-bond donors (Lipinski definition) is 1. The first-order valence-corrected chi connectivity index (χ1v) is 10.9. The van der Waals surface area contributed by atoms with E-state index in [1.807, 2.05) is 35.7 Å². The molecule has 0 spiro atoms. The third-order valence-electron chi connectivity index (χ3n) is 5.65. The molecule has 0 aliphatic carbocycles. The fraction of sp³-hybridized carbons (Fsp3) is 0.192. The summed E-state index contributed by atoms with van der Waals surface area (Å²) in [4.78, 5) is 29.8. The van der Waals surface area contributed by atoms with Crippen molar-refractivity contribution in [1.29, 1.82) is 0 Å². The van der Waals surface area contributed by atoms with Gasteiger partial charge < -0.3 is 14.5 Å². The fourth-order valence-electron chi connectivity index (χ4n) is 3.70. The molecule has 0 bridgehead atoms. The summed E-state index contributed by atoms with van der Waals surface area (Å²) in [5, 5.41) is 3.16. The van der Waals surface area contributed by atoms with Crippen LogP contribution in [0.25, 0.3) is 16.9 Å². The molecule has 6 nitrogen and oxygen atoms in total. The molecule has 0 fully saturated rings. The number of nitrogens with zero attached hydrogens (tertiary/aromatic N) is 2. The number of fused-ring (bicyclic) bond motifs is 1. The van der Waals surface area contributed by atoms with Crippen LogP contribution >= 0.6 is 11.6 Å². The van der Waals surface area contributed by atoms with Gasteiger partial charge in [0.2, 0.25) is 5.91 Å². The zero-order valence-electron chi connectivity index (χ0n) is 18.9. The molecule has 4 aromatic rings. The molecule has 2 aromatic carbocycles. The third kappa shape index (κ3) is 4.61. The summed E-state index contributed by atoms with van der Waals surface area (Å²) in [5.74, 6) is -0.775. The molecule has 0 aliphatic heterocycles. The number of aryl methyl sites for hydroxylation is 3. The smallest absolute Gasteiger partial charge is 0.337 e. The zero-order chi connectivity index (χ0) is 23.7. The molecule has 168 valence electrons. The quantitative estimate of drug-likeness (QED) is 0.395. The van der Waals surface area contributed by atoms with Crippen molar-refractivity contribution < 1.29 is 14.3 Å². The molecule has 2 aromatic heterocycles. The van der Waals surface area contributed by atoms with Crippen molar-refractivity contribution >= 4 is 34.8 Å². The Labute approximate surface area is 197 Å². The second kappa shape index (κ2) is 9.08. The van der Waals surface area contributed by atoms with E-state index in [2.05, 4.69) is 31.3 Å². The van der Waals surface area contributed by atoms with Gasteiger partial charge in [-0.15, -0.1) is 0 Å². The maximum Gasteiger partial charge on any atom is 0.337 e. The molecule has 4 rings (SSSR count). The van der Waals surface area contributed by atoms with Crippen LogP contribution in [0.1, 0.15) is 32.7 Å². The van der Waals surface area contributed by atoms with Crippen LogP contribution in [0.3, 0.4) is 0 Å².